The maximum atomic E-state index is 12.6. The summed E-state index contributed by atoms with van der Waals surface area (Å²) in [5.74, 6) is -0.327. The molecule has 2 aliphatic heterocycles. The number of nitrogens with one attached hydrogen (secondary N) is 1. The van der Waals surface area contributed by atoms with E-state index in [2.05, 4.69) is 22.9 Å². The number of methoxy groups -OCH3 is 1. The summed E-state index contributed by atoms with van der Waals surface area (Å²) >= 11 is 0. The number of esters is 1. The largest absolute Gasteiger partial charge is 0.468 e. The molecule has 0 aliphatic carbocycles. The Kier molecular flexibility index (Phi) is 5.46. The van der Waals surface area contributed by atoms with E-state index in [0.717, 1.165) is 23.4 Å². The fourth-order valence-corrected chi connectivity index (χ4v) is 3.51. The van der Waals surface area contributed by atoms with Gasteiger partial charge in [0.05, 0.1) is 13.7 Å². The average Bonchev–Trinajstić information content (AvgIpc) is 3.27. The van der Waals surface area contributed by atoms with Gasteiger partial charge in [0.2, 0.25) is 0 Å². The van der Waals surface area contributed by atoms with Crippen LogP contribution in [0.5, 0.6) is 0 Å². The molecule has 2 heterocycles. The van der Waals surface area contributed by atoms with Gasteiger partial charge in [0.1, 0.15) is 12.1 Å². The molecule has 3 rings (SSSR count). The van der Waals surface area contributed by atoms with Gasteiger partial charge in [-0.15, -0.1) is 6.58 Å². The van der Waals surface area contributed by atoms with Crippen LogP contribution < -0.4 is 10.2 Å². The van der Waals surface area contributed by atoms with Crippen molar-refractivity contribution in [3.05, 3.63) is 42.0 Å². The van der Waals surface area contributed by atoms with E-state index in [-0.39, 0.29) is 18.2 Å². The number of ether oxygens (including phenoxy) is 2. The van der Waals surface area contributed by atoms with Gasteiger partial charge in [0.25, 0.3) is 0 Å². The first kappa shape index (κ1) is 18.3. The summed E-state index contributed by atoms with van der Waals surface area (Å²) in [4.78, 5) is 27.9. The standard InChI is InChI=1S/C19H25N3O4/c1-4-8-21(2)17-7-5-6-13-11-22(12-15(13)17)19(24)26-14-9-16(20-10-14)18(23)25-3/h4-7,14,16,20H,1,8-12H2,2-3H3/t14-,16+/m1/s1. The summed E-state index contributed by atoms with van der Waals surface area (Å²) in [5.41, 5.74) is 3.38. The minimum Gasteiger partial charge on any atom is -0.468 e. The predicted octanol–water partition coefficient (Wildman–Crippen LogP) is 1.66. The smallest absolute Gasteiger partial charge is 0.410 e. The van der Waals surface area contributed by atoms with Gasteiger partial charge >= 0.3 is 12.1 Å². The Bertz CT molecular complexity index is 706. The van der Waals surface area contributed by atoms with Crippen LogP contribution in [-0.2, 0) is 27.4 Å². The van der Waals surface area contributed by atoms with Crippen LogP contribution in [0.3, 0.4) is 0 Å². The summed E-state index contributed by atoms with van der Waals surface area (Å²) in [6, 6.07) is 5.69. The zero-order valence-corrected chi connectivity index (χ0v) is 15.2. The quantitative estimate of drug-likeness (QED) is 0.637. The molecule has 1 N–H and O–H groups in total. The number of anilines is 1. The van der Waals surface area contributed by atoms with Crippen LogP contribution in [0, 0.1) is 0 Å². The van der Waals surface area contributed by atoms with E-state index in [1.54, 1.807) is 4.90 Å². The molecule has 1 aromatic carbocycles. The minimum atomic E-state index is -0.410. The van der Waals surface area contributed by atoms with E-state index >= 15 is 0 Å². The lowest BCUT2D eigenvalue weighted by Crippen LogP contribution is -2.31. The Labute approximate surface area is 153 Å². The first-order chi connectivity index (χ1) is 12.5. The second-order valence-corrected chi connectivity index (χ2v) is 6.67. The number of hydrogen-bond acceptors (Lipinski definition) is 6. The Morgan fingerprint density at radius 1 is 1.42 bits per heavy atom. The van der Waals surface area contributed by atoms with Gasteiger partial charge in [0.15, 0.2) is 0 Å². The average molecular weight is 359 g/mol. The van der Waals surface area contributed by atoms with Gasteiger partial charge in [-0.2, -0.15) is 0 Å². The fraction of sp³-hybridized carbons (Fsp3) is 0.474. The highest BCUT2D eigenvalue weighted by atomic mass is 16.6. The lowest BCUT2D eigenvalue weighted by atomic mass is 10.1. The molecule has 1 saturated heterocycles. The van der Waals surface area contributed by atoms with Gasteiger partial charge in [0, 0.05) is 38.8 Å². The molecule has 7 nitrogen and oxygen atoms in total. The van der Waals surface area contributed by atoms with Crippen molar-refractivity contribution in [3.8, 4) is 0 Å². The molecule has 0 saturated carbocycles. The lowest BCUT2D eigenvalue weighted by Gasteiger charge is -2.21. The van der Waals surface area contributed by atoms with Crippen LogP contribution in [0.4, 0.5) is 10.5 Å². The predicted molar refractivity (Wildman–Crippen MR) is 97.8 cm³/mol. The number of carbonyl (C=O) groups is 2. The molecule has 140 valence electrons. The Morgan fingerprint density at radius 2 is 2.23 bits per heavy atom. The number of fused-ring (bicyclic) bond motifs is 1. The summed E-state index contributed by atoms with van der Waals surface area (Å²) in [6.45, 7) is 6.03. The van der Waals surface area contributed by atoms with E-state index in [4.69, 9.17) is 9.47 Å². The molecular formula is C19H25N3O4. The second-order valence-electron chi connectivity index (χ2n) is 6.67. The van der Waals surface area contributed by atoms with Crippen LogP contribution in [0.2, 0.25) is 0 Å². The fourth-order valence-electron chi connectivity index (χ4n) is 3.51. The molecule has 1 amide bonds. The molecule has 0 spiro atoms. The van der Waals surface area contributed by atoms with Gasteiger partial charge in [-0.25, -0.2) is 4.79 Å². The van der Waals surface area contributed by atoms with Gasteiger partial charge in [-0.05, 0) is 17.2 Å². The van der Waals surface area contributed by atoms with Crippen molar-refractivity contribution >= 4 is 17.7 Å². The minimum absolute atomic E-state index is 0.321. The first-order valence-corrected chi connectivity index (χ1v) is 8.73. The van der Waals surface area contributed by atoms with Gasteiger partial charge in [-0.3, -0.25) is 9.69 Å². The van der Waals surface area contributed by atoms with Crippen molar-refractivity contribution in [2.45, 2.75) is 31.7 Å². The van der Waals surface area contributed by atoms with Crippen molar-refractivity contribution in [2.24, 2.45) is 0 Å². The number of likely N-dealkylation sites (N-methyl/N-ethyl adjacent to an activating group) is 1. The van der Waals surface area contributed by atoms with Gasteiger partial charge in [-0.1, -0.05) is 18.2 Å². The normalized spacial score (nSPS) is 21.2. The van der Waals surface area contributed by atoms with Crippen LogP contribution in [-0.4, -0.2) is 56.4 Å². The van der Waals surface area contributed by atoms with E-state index in [9.17, 15) is 9.59 Å². The highest BCUT2D eigenvalue weighted by Crippen LogP contribution is 2.32. The van der Waals surface area contributed by atoms with Crippen LogP contribution >= 0.6 is 0 Å². The third-order valence-corrected chi connectivity index (χ3v) is 4.87. The number of nitrogens with zero attached hydrogens (tertiary/aromatic N) is 2. The molecule has 0 bridgehead atoms. The SMILES string of the molecule is C=CCN(C)c1cccc2c1CN(C(=O)O[C@H]1CN[C@H](C(=O)OC)C1)C2. The van der Waals surface area contributed by atoms with Crippen LogP contribution in [0.15, 0.2) is 30.9 Å². The van der Waals surface area contributed by atoms with E-state index < -0.39 is 6.04 Å². The molecule has 0 radical (unpaired) electrons. The molecule has 0 aromatic heterocycles. The summed E-state index contributed by atoms with van der Waals surface area (Å²) < 4.78 is 10.3. The number of benzene rings is 1. The summed E-state index contributed by atoms with van der Waals surface area (Å²) in [6.07, 6.45) is 1.62. The lowest BCUT2D eigenvalue weighted by molar-refractivity contribution is -0.142. The van der Waals surface area contributed by atoms with Crippen molar-refractivity contribution in [1.29, 1.82) is 0 Å². The molecular weight excluding hydrogens is 334 g/mol. The number of rotatable bonds is 5. The van der Waals surface area contributed by atoms with Gasteiger partial charge < -0.3 is 19.7 Å². The highest BCUT2D eigenvalue weighted by molar-refractivity contribution is 5.76. The first-order valence-electron chi connectivity index (χ1n) is 8.73. The molecule has 1 fully saturated rings. The van der Waals surface area contributed by atoms with E-state index in [1.165, 1.54) is 7.11 Å². The van der Waals surface area contributed by atoms with Crippen molar-refractivity contribution < 1.29 is 19.1 Å². The molecule has 26 heavy (non-hydrogen) atoms. The molecule has 2 aliphatic rings. The Morgan fingerprint density at radius 3 is 2.96 bits per heavy atom. The maximum Gasteiger partial charge on any atom is 0.410 e. The van der Waals surface area contributed by atoms with Crippen molar-refractivity contribution in [2.75, 3.05) is 32.1 Å². The summed E-state index contributed by atoms with van der Waals surface area (Å²) in [5, 5.41) is 3.02. The topological polar surface area (TPSA) is 71.1 Å². The maximum absolute atomic E-state index is 12.6. The molecule has 1 aromatic rings. The van der Waals surface area contributed by atoms with Crippen LogP contribution in [0.1, 0.15) is 17.5 Å². The monoisotopic (exact) mass is 359 g/mol. The highest BCUT2D eigenvalue weighted by Gasteiger charge is 2.34. The third-order valence-electron chi connectivity index (χ3n) is 4.87. The zero-order valence-electron chi connectivity index (χ0n) is 15.2. The van der Waals surface area contributed by atoms with Crippen molar-refractivity contribution in [1.82, 2.24) is 10.2 Å². The summed E-state index contributed by atoms with van der Waals surface area (Å²) in [7, 11) is 3.36. The molecule has 7 heteroatoms. The Hall–Kier alpha value is -2.54. The number of amides is 1. The van der Waals surface area contributed by atoms with E-state index in [1.807, 2.05) is 25.3 Å². The Balaban J connectivity index is 1.61. The third kappa shape index (κ3) is 3.67. The molecule has 2 atom stereocenters. The molecule has 0 unspecified atom stereocenters. The number of hydrogen-bond donors (Lipinski definition) is 1. The zero-order chi connectivity index (χ0) is 18.7. The van der Waals surface area contributed by atoms with E-state index in [0.29, 0.717) is 26.1 Å². The number of carbonyl (C=O) groups excluding carboxylic acids is 2. The van der Waals surface area contributed by atoms with Crippen molar-refractivity contribution in [3.63, 3.8) is 0 Å². The van der Waals surface area contributed by atoms with Crippen LogP contribution in [0.25, 0.3) is 0 Å². The second kappa shape index (κ2) is 7.78.